The number of rotatable bonds is 7. The summed E-state index contributed by atoms with van der Waals surface area (Å²) in [6.45, 7) is 0.337. The molecule has 0 radical (unpaired) electrons. The molecule has 0 aliphatic rings. The van der Waals surface area contributed by atoms with Crippen LogP contribution in [0.15, 0.2) is 34.8 Å². The third kappa shape index (κ3) is 4.64. The smallest absolute Gasteiger partial charge is 0.288 e. The third-order valence-corrected chi connectivity index (χ3v) is 4.70. The maximum absolute atomic E-state index is 12.2. The van der Waals surface area contributed by atoms with Crippen molar-refractivity contribution in [1.29, 1.82) is 0 Å². The van der Waals surface area contributed by atoms with Crippen LogP contribution in [-0.4, -0.2) is 31.6 Å². The van der Waals surface area contributed by atoms with Gasteiger partial charge in [0.25, 0.3) is 11.6 Å². The van der Waals surface area contributed by atoms with Gasteiger partial charge < -0.3 is 14.8 Å². The predicted octanol–water partition coefficient (Wildman–Crippen LogP) is 4.00. The third-order valence-electron chi connectivity index (χ3n) is 3.64. The highest BCUT2D eigenvalue weighted by Crippen LogP contribution is 2.33. The zero-order chi connectivity index (χ0) is 19.3. The molecule has 0 spiro atoms. The Balaban J connectivity index is 2.05. The quantitative estimate of drug-likeness (QED) is 0.516. The van der Waals surface area contributed by atoms with Gasteiger partial charge in [-0.1, -0.05) is 27.5 Å². The molecular formula is C17H16BrClN2O5. The Morgan fingerprint density at radius 2 is 1.88 bits per heavy atom. The molecule has 0 bridgehead atoms. The van der Waals surface area contributed by atoms with Crippen molar-refractivity contribution in [3.05, 3.63) is 61.1 Å². The summed E-state index contributed by atoms with van der Waals surface area (Å²) < 4.78 is 11.3. The lowest BCUT2D eigenvalue weighted by Crippen LogP contribution is -2.25. The largest absolute Gasteiger partial charge is 0.493 e. The molecule has 1 amide bonds. The average Bonchev–Trinajstić information content (AvgIpc) is 2.62. The first kappa shape index (κ1) is 20.0. The second kappa shape index (κ2) is 8.86. The molecule has 0 heterocycles. The maximum atomic E-state index is 12.2. The summed E-state index contributed by atoms with van der Waals surface area (Å²) >= 11 is 9.21. The van der Waals surface area contributed by atoms with Crippen molar-refractivity contribution in [3.63, 3.8) is 0 Å². The van der Waals surface area contributed by atoms with Gasteiger partial charge in [0.2, 0.25) is 0 Å². The number of carbonyl (C=O) groups excluding carboxylic acids is 1. The summed E-state index contributed by atoms with van der Waals surface area (Å²) in [6.07, 6.45) is 0.530. The van der Waals surface area contributed by atoms with Gasteiger partial charge in [-0.3, -0.25) is 14.9 Å². The van der Waals surface area contributed by atoms with Gasteiger partial charge in [0.15, 0.2) is 11.5 Å². The number of methoxy groups -OCH3 is 2. The van der Waals surface area contributed by atoms with E-state index < -0.39 is 10.8 Å². The van der Waals surface area contributed by atoms with Crippen LogP contribution in [0.1, 0.15) is 15.9 Å². The highest BCUT2D eigenvalue weighted by atomic mass is 79.9. The number of nitrogens with one attached hydrogen (secondary N) is 1. The van der Waals surface area contributed by atoms with E-state index >= 15 is 0 Å². The van der Waals surface area contributed by atoms with E-state index in [-0.39, 0.29) is 16.3 Å². The molecule has 0 saturated heterocycles. The summed E-state index contributed by atoms with van der Waals surface area (Å²) in [5.74, 6) is 0.771. The van der Waals surface area contributed by atoms with Gasteiger partial charge in [0.05, 0.1) is 19.1 Å². The Morgan fingerprint density at radius 3 is 2.50 bits per heavy atom. The Labute approximate surface area is 163 Å². The van der Waals surface area contributed by atoms with Gasteiger partial charge in [-0.15, -0.1) is 0 Å². The van der Waals surface area contributed by atoms with E-state index in [0.717, 1.165) is 16.1 Å². The van der Waals surface area contributed by atoms with Gasteiger partial charge in [0.1, 0.15) is 5.02 Å². The van der Waals surface area contributed by atoms with E-state index in [1.807, 2.05) is 6.07 Å². The monoisotopic (exact) mass is 442 g/mol. The van der Waals surface area contributed by atoms with Crippen LogP contribution in [-0.2, 0) is 6.42 Å². The summed E-state index contributed by atoms with van der Waals surface area (Å²) in [5, 5.41) is 13.6. The topological polar surface area (TPSA) is 90.7 Å². The number of ether oxygens (including phenoxy) is 2. The van der Waals surface area contributed by atoms with Crippen molar-refractivity contribution in [2.75, 3.05) is 20.8 Å². The van der Waals surface area contributed by atoms with Crippen LogP contribution in [0.2, 0.25) is 5.02 Å². The molecule has 7 nitrogen and oxygen atoms in total. The van der Waals surface area contributed by atoms with Crippen molar-refractivity contribution in [1.82, 2.24) is 5.32 Å². The number of benzene rings is 2. The highest BCUT2D eigenvalue weighted by Gasteiger charge is 2.16. The minimum absolute atomic E-state index is 0.0131. The Kier molecular flexibility index (Phi) is 6.82. The van der Waals surface area contributed by atoms with Crippen LogP contribution in [0.3, 0.4) is 0 Å². The number of amides is 1. The summed E-state index contributed by atoms with van der Waals surface area (Å²) in [7, 11) is 3.10. The van der Waals surface area contributed by atoms with Crippen LogP contribution in [0, 0.1) is 10.1 Å². The Bertz CT molecular complexity index is 844. The van der Waals surface area contributed by atoms with Gasteiger partial charge in [0, 0.05) is 22.6 Å². The molecule has 0 unspecified atom stereocenters. The fraction of sp³-hybridized carbons (Fsp3) is 0.235. The first-order chi connectivity index (χ1) is 12.4. The fourth-order valence-electron chi connectivity index (χ4n) is 2.29. The predicted molar refractivity (Wildman–Crippen MR) is 101 cm³/mol. The van der Waals surface area contributed by atoms with Gasteiger partial charge >= 0.3 is 0 Å². The fourth-order valence-corrected chi connectivity index (χ4v) is 3.00. The van der Waals surface area contributed by atoms with Crippen molar-refractivity contribution in [2.45, 2.75) is 6.42 Å². The number of carbonyl (C=O) groups is 1. The van der Waals surface area contributed by atoms with Crippen molar-refractivity contribution in [3.8, 4) is 11.5 Å². The minimum atomic E-state index is -0.625. The van der Waals surface area contributed by atoms with E-state index in [2.05, 4.69) is 21.2 Å². The van der Waals surface area contributed by atoms with Crippen LogP contribution >= 0.6 is 27.5 Å². The lowest BCUT2D eigenvalue weighted by atomic mass is 10.1. The molecule has 2 rings (SSSR count). The molecule has 2 aromatic carbocycles. The number of nitrogens with zero attached hydrogens (tertiary/aromatic N) is 1. The van der Waals surface area contributed by atoms with Crippen LogP contribution in [0.5, 0.6) is 11.5 Å². The first-order valence-corrected chi connectivity index (χ1v) is 8.67. The molecule has 26 heavy (non-hydrogen) atoms. The zero-order valence-corrected chi connectivity index (χ0v) is 16.4. The van der Waals surface area contributed by atoms with Crippen LogP contribution in [0.4, 0.5) is 5.69 Å². The standard InChI is InChI=1S/C17H16BrClN2O5/c1-25-15-8-10(12(18)9-16(15)26-2)5-6-20-17(22)11-3-4-13(19)14(7-11)21(23)24/h3-4,7-9H,5-6H2,1-2H3,(H,20,22). The average molecular weight is 444 g/mol. The number of halogens is 2. The van der Waals surface area contributed by atoms with Crippen LogP contribution < -0.4 is 14.8 Å². The van der Waals surface area contributed by atoms with E-state index in [1.54, 1.807) is 20.3 Å². The molecule has 1 N–H and O–H groups in total. The Morgan fingerprint density at radius 1 is 1.23 bits per heavy atom. The molecule has 9 heteroatoms. The normalized spacial score (nSPS) is 10.3. The minimum Gasteiger partial charge on any atom is -0.493 e. The van der Waals surface area contributed by atoms with E-state index in [4.69, 9.17) is 21.1 Å². The molecule has 138 valence electrons. The van der Waals surface area contributed by atoms with Crippen molar-refractivity contribution < 1.29 is 19.2 Å². The molecule has 2 aromatic rings. The maximum Gasteiger partial charge on any atom is 0.288 e. The van der Waals surface area contributed by atoms with E-state index in [1.165, 1.54) is 12.1 Å². The highest BCUT2D eigenvalue weighted by molar-refractivity contribution is 9.10. The van der Waals surface area contributed by atoms with E-state index in [9.17, 15) is 14.9 Å². The first-order valence-electron chi connectivity index (χ1n) is 7.50. The molecule has 0 fully saturated rings. The van der Waals surface area contributed by atoms with Gasteiger partial charge in [-0.2, -0.15) is 0 Å². The Hall–Kier alpha value is -2.32. The van der Waals surface area contributed by atoms with Crippen molar-refractivity contribution >= 4 is 39.1 Å². The lowest BCUT2D eigenvalue weighted by Gasteiger charge is -2.12. The van der Waals surface area contributed by atoms with Crippen LogP contribution in [0.25, 0.3) is 0 Å². The summed E-state index contributed by atoms with van der Waals surface area (Å²) in [6, 6.07) is 7.54. The van der Waals surface area contributed by atoms with Crippen molar-refractivity contribution in [2.24, 2.45) is 0 Å². The SMILES string of the molecule is COc1cc(Br)c(CCNC(=O)c2ccc(Cl)c([N+](=O)[O-])c2)cc1OC. The zero-order valence-electron chi connectivity index (χ0n) is 14.0. The van der Waals surface area contributed by atoms with E-state index in [0.29, 0.717) is 24.5 Å². The summed E-state index contributed by atoms with van der Waals surface area (Å²) in [5.41, 5.74) is 0.791. The lowest BCUT2D eigenvalue weighted by molar-refractivity contribution is -0.384. The summed E-state index contributed by atoms with van der Waals surface area (Å²) in [4.78, 5) is 22.5. The molecular weight excluding hydrogens is 428 g/mol. The second-order valence-corrected chi connectivity index (χ2v) is 6.49. The van der Waals surface area contributed by atoms with Gasteiger partial charge in [-0.05, 0) is 36.2 Å². The number of nitro groups is 1. The molecule has 0 aromatic heterocycles. The number of nitro benzene ring substituents is 1. The van der Waals surface area contributed by atoms with Gasteiger partial charge in [-0.25, -0.2) is 0 Å². The second-order valence-electron chi connectivity index (χ2n) is 5.23. The molecule has 0 atom stereocenters. The molecule has 0 saturated carbocycles. The number of hydrogen-bond donors (Lipinski definition) is 1. The molecule has 0 aliphatic carbocycles. The number of hydrogen-bond acceptors (Lipinski definition) is 5. The molecule has 0 aliphatic heterocycles.